The zero-order chi connectivity index (χ0) is 25.8. The Labute approximate surface area is 214 Å². The van der Waals surface area contributed by atoms with Gasteiger partial charge < -0.3 is 5.73 Å². The average molecular weight is 515 g/mol. The van der Waals surface area contributed by atoms with Gasteiger partial charge in [-0.25, -0.2) is 28.1 Å². The summed E-state index contributed by atoms with van der Waals surface area (Å²) in [5, 5.41) is 4.32. The van der Waals surface area contributed by atoms with E-state index >= 15 is 0 Å². The van der Waals surface area contributed by atoms with Crippen LogP contribution in [0.4, 0.5) is 0 Å². The maximum atomic E-state index is 12.1. The second-order valence-electron chi connectivity index (χ2n) is 9.30. The van der Waals surface area contributed by atoms with Crippen molar-refractivity contribution in [1.82, 2.24) is 34.0 Å². The van der Waals surface area contributed by atoms with Gasteiger partial charge in [0.25, 0.3) is 0 Å². The fourth-order valence-electron chi connectivity index (χ4n) is 4.71. The molecule has 0 aliphatic heterocycles. The van der Waals surface area contributed by atoms with Crippen molar-refractivity contribution in [3.05, 3.63) is 72.6 Å². The van der Waals surface area contributed by atoms with Gasteiger partial charge in [0, 0.05) is 30.0 Å². The van der Waals surface area contributed by atoms with Crippen molar-refractivity contribution in [2.75, 3.05) is 7.05 Å². The molecule has 0 unspecified atom stereocenters. The van der Waals surface area contributed by atoms with Crippen LogP contribution in [-0.2, 0) is 22.6 Å². The smallest absolute Gasteiger partial charge is 0.240 e. The van der Waals surface area contributed by atoms with Gasteiger partial charge in [0.1, 0.15) is 11.2 Å². The molecule has 0 atom stereocenters. The molecule has 0 saturated heterocycles. The molecule has 1 saturated carbocycles. The summed E-state index contributed by atoms with van der Waals surface area (Å²) >= 11 is 0. The van der Waals surface area contributed by atoms with Crippen molar-refractivity contribution in [2.24, 2.45) is 12.8 Å². The third-order valence-electron chi connectivity index (χ3n) is 7.09. The summed E-state index contributed by atoms with van der Waals surface area (Å²) in [6.07, 6.45) is 6.55. The molecule has 37 heavy (non-hydrogen) atoms. The number of hydrogen-bond donors (Lipinski definition) is 2. The van der Waals surface area contributed by atoms with Gasteiger partial charge in [-0.15, -0.1) is 0 Å². The van der Waals surface area contributed by atoms with Gasteiger partial charge in [0.15, 0.2) is 17.3 Å². The van der Waals surface area contributed by atoms with Crippen LogP contribution in [0.5, 0.6) is 0 Å². The molecule has 3 N–H and O–H groups in total. The van der Waals surface area contributed by atoms with Crippen LogP contribution in [-0.4, -0.2) is 44.8 Å². The molecule has 1 aliphatic rings. The van der Waals surface area contributed by atoms with Crippen molar-refractivity contribution in [2.45, 2.75) is 29.7 Å². The fourth-order valence-corrected chi connectivity index (χ4v) is 5.44. The number of nitrogens with one attached hydrogen (secondary N) is 1. The number of sulfonamides is 1. The number of benzene rings is 2. The molecule has 0 radical (unpaired) electrons. The van der Waals surface area contributed by atoms with E-state index in [1.54, 1.807) is 29.2 Å². The summed E-state index contributed by atoms with van der Waals surface area (Å²) in [5.74, 6) is 1.15. The Balaban J connectivity index is 1.49. The van der Waals surface area contributed by atoms with Crippen molar-refractivity contribution >= 4 is 21.2 Å². The molecule has 6 rings (SSSR count). The van der Waals surface area contributed by atoms with E-state index in [9.17, 15) is 8.42 Å². The zero-order valence-electron chi connectivity index (χ0n) is 20.5. The Hall–Kier alpha value is -3.93. The average Bonchev–Trinajstić information content (AvgIpc) is 3.50. The van der Waals surface area contributed by atoms with Crippen LogP contribution in [0.3, 0.4) is 0 Å². The lowest BCUT2D eigenvalue weighted by Crippen LogP contribution is -2.43. The lowest BCUT2D eigenvalue weighted by Gasteiger charge is -2.38. The number of imidazole rings is 1. The molecule has 3 heterocycles. The summed E-state index contributed by atoms with van der Waals surface area (Å²) in [6.45, 7) is 0. The second kappa shape index (κ2) is 8.58. The number of aryl methyl sites for hydroxylation is 1. The van der Waals surface area contributed by atoms with E-state index in [-0.39, 0.29) is 10.4 Å². The summed E-state index contributed by atoms with van der Waals surface area (Å²) in [6, 6.07) is 16.6. The van der Waals surface area contributed by atoms with Crippen LogP contribution in [0.15, 0.2) is 71.9 Å². The molecule has 1 aliphatic carbocycles. The standard InChI is InChI=1S/C26H26N8O2S/c1-28-37(35,36)20-10-4-17(5-11-20)23-29-16-21-24(32-23)34(25(31-21)22-12-15-30-33(22)2)19-8-6-18(7-9-19)26(27)13-3-14-26/h4-12,15-16,28H,3,13-14,27H2,1-2H3. The van der Waals surface area contributed by atoms with Crippen LogP contribution < -0.4 is 10.5 Å². The van der Waals surface area contributed by atoms with Gasteiger partial charge in [-0.1, -0.05) is 12.1 Å². The van der Waals surface area contributed by atoms with Crippen molar-refractivity contribution < 1.29 is 8.42 Å². The molecule has 0 bridgehead atoms. The summed E-state index contributed by atoms with van der Waals surface area (Å²) in [4.78, 5) is 14.4. The quantitative estimate of drug-likeness (QED) is 0.356. The Bertz CT molecular complexity index is 1720. The van der Waals surface area contributed by atoms with Crippen LogP contribution >= 0.6 is 0 Å². The first kappa shape index (κ1) is 23.5. The number of nitrogens with zero attached hydrogens (tertiary/aromatic N) is 6. The third-order valence-corrected chi connectivity index (χ3v) is 8.52. The van der Waals surface area contributed by atoms with E-state index in [1.807, 2.05) is 29.8 Å². The highest BCUT2D eigenvalue weighted by Crippen LogP contribution is 2.39. The maximum absolute atomic E-state index is 12.1. The summed E-state index contributed by atoms with van der Waals surface area (Å²) in [5.41, 5.74) is 11.1. The van der Waals surface area contributed by atoms with Crippen LogP contribution in [0.2, 0.25) is 0 Å². The van der Waals surface area contributed by atoms with E-state index in [0.717, 1.165) is 36.2 Å². The predicted molar refractivity (Wildman–Crippen MR) is 140 cm³/mol. The first-order valence-corrected chi connectivity index (χ1v) is 13.5. The van der Waals surface area contributed by atoms with Gasteiger partial charge in [-0.05, 0) is 74.3 Å². The monoisotopic (exact) mass is 514 g/mol. The number of nitrogens with two attached hydrogens (primary N) is 1. The third kappa shape index (κ3) is 3.91. The van der Waals surface area contributed by atoms with Gasteiger partial charge in [0.2, 0.25) is 10.0 Å². The molecule has 0 amide bonds. The van der Waals surface area contributed by atoms with Crippen LogP contribution in [0, 0.1) is 0 Å². The molecule has 0 spiro atoms. The first-order chi connectivity index (χ1) is 17.8. The summed E-state index contributed by atoms with van der Waals surface area (Å²) in [7, 11) is -0.282. The normalized spacial score (nSPS) is 15.1. The molecular formula is C26H26N8O2S. The van der Waals surface area contributed by atoms with E-state index in [1.165, 1.54) is 19.2 Å². The van der Waals surface area contributed by atoms with Gasteiger partial charge >= 0.3 is 0 Å². The molecule has 10 nitrogen and oxygen atoms in total. The van der Waals surface area contributed by atoms with Crippen molar-refractivity contribution in [3.63, 3.8) is 0 Å². The molecule has 3 aromatic heterocycles. The van der Waals surface area contributed by atoms with E-state index in [4.69, 9.17) is 15.7 Å². The number of aromatic nitrogens is 6. The molecule has 5 aromatic rings. The van der Waals surface area contributed by atoms with Gasteiger partial charge in [0.05, 0.1) is 11.1 Å². The number of fused-ring (bicyclic) bond motifs is 1. The van der Waals surface area contributed by atoms with E-state index < -0.39 is 10.0 Å². The van der Waals surface area contributed by atoms with E-state index in [0.29, 0.717) is 28.4 Å². The van der Waals surface area contributed by atoms with Crippen molar-refractivity contribution in [3.8, 4) is 28.6 Å². The van der Waals surface area contributed by atoms with Gasteiger partial charge in [-0.3, -0.25) is 9.25 Å². The fraction of sp³-hybridized carbons (Fsp3) is 0.231. The van der Waals surface area contributed by atoms with Gasteiger partial charge in [-0.2, -0.15) is 5.10 Å². The molecule has 1 fully saturated rings. The topological polar surface area (TPSA) is 134 Å². The van der Waals surface area contributed by atoms with Crippen LogP contribution in [0.1, 0.15) is 24.8 Å². The number of hydrogen-bond acceptors (Lipinski definition) is 7. The lowest BCUT2D eigenvalue weighted by molar-refractivity contribution is 0.253. The summed E-state index contributed by atoms with van der Waals surface area (Å²) < 4.78 is 30.3. The van der Waals surface area contributed by atoms with E-state index in [2.05, 4.69) is 26.9 Å². The largest absolute Gasteiger partial charge is 0.321 e. The predicted octanol–water partition coefficient (Wildman–Crippen LogP) is 3.13. The lowest BCUT2D eigenvalue weighted by atomic mass is 9.73. The zero-order valence-corrected chi connectivity index (χ0v) is 21.3. The minimum Gasteiger partial charge on any atom is -0.321 e. The first-order valence-electron chi connectivity index (χ1n) is 12.0. The highest BCUT2D eigenvalue weighted by Gasteiger charge is 2.34. The Morgan fingerprint density at radius 2 is 1.73 bits per heavy atom. The molecular weight excluding hydrogens is 488 g/mol. The SMILES string of the molecule is CNS(=O)(=O)c1ccc(-c2ncc3nc(-c4ccnn4C)n(-c4ccc(C5(N)CCC5)cc4)c3n2)cc1. The Morgan fingerprint density at radius 3 is 2.32 bits per heavy atom. The number of rotatable bonds is 6. The second-order valence-corrected chi connectivity index (χ2v) is 11.2. The van der Waals surface area contributed by atoms with Crippen LogP contribution in [0.25, 0.3) is 39.8 Å². The molecule has 11 heteroatoms. The minimum absolute atomic E-state index is 0.174. The Kier molecular flexibility index (Phi) is 5.44. The van der Waals surface area contributed by atoms with Crippen molar-refractivity contribution in [1.29, 1.82) is 0 Å². The highest BCUT2D eigenvalue weighted by atomic mass is 32.2. The highest BCUT2D eigenvalue weighted by molar-refractivity contribution is 7.89. The Morgan fingerprint density at radius 1 is 1.00 bits per heavy atom. The molecule has 2 aromatic carbocycles. The minimum atomic E-state index is -3.53. The maximum Gasteiger partial charge on any atom is 0.240 e. The molecule has 188 valence electrons.